The molecular formula is C48H64N2. The molecule has 0 atom stereocenters. The van der Waals surface area contributed by atoms with E-state index in [1.165, 1.54) is 11.1 Å². The van der Waals surface area contributed by atoms with Crippen molar-refractivity contribution in [3.8, 4) is 11.1 Å². The highest BCUT2D eigenvalue weighted by molar-refractivity contribution is 5.80. The molecule has 6 aromatic rings. The van der Waals surface area contributed by atoms with Crippen LogP contribution in [0.25, 0.3) is 11.1 Å². The van der Waals surface area contributed by atoms with Crippen molar-refractivity contribution in [2.75, 3.05) is 9.80 Å². The van der Waals surface area contributed by atoms with E-state index < -0.39 is 0 Å². The van der Waals surface area contributed by atoms with Crippen molar-refractivity contribution in [2.24, 2.45) is 0 Å². The number of hydrogen-bond donors (Lipinski definition) is 0. The Bertz CT molecular complexity index is 1360. The first-order valence-corrected chi connectivity index (χ1v) is 18.9. The molecule has 0 unspecified atom stereocenters. The zero-order valence-electron chi connectivity index (χ0n) is 33.1. The normalized spacial score (nSPS) is 8.80. The number of anilines is 6. The summed E-state index contributed by atoms with van der Waals surface area (Å²) >= 11 is 0. The average Bonchev–Trinajstić information content (AvgIpc) is 3.25. The lowest BCUT2D eigenvalue weighted by Crippen LogP contribution is -2.09. The van der Waals surface area contributed by atoms with E-state index in [1.54, 1.807) is 0 Å². The molecule has 266 valence electrons. The highest BCUT2D eigenvalue weighted by Gasteiger charge is 2.14. The highest BCUT2D eigenvalue weighted by Crippen LogP contribution is 2.37. The van der Waals surface area contributed by atoms with Gasteiger partial charge in [0.2, 0.25) is 0 Å². The van der Waals surface area contributed by atoms with Gasteiger partial charge in [0, 0.05) is 34.1 Å². The third kappa shape index (κ3) is 13.4. The van der Waals surface area contributed by atoms with Crippen molar-refractivity contribution in [3.63, 3.8) is 0 Å². The molecule has 0 saturated heterocycles. The first-order valence-electron chi connectivity index (χ1n) is 18.9. The Kier molecular flexibility index (Phi) is 26.0. The second-order valence-electron chi connectivity index (χ2n) is 9.11. The van der Waals surface area contributed by atoms with Gasteiger partial charge in [0.1, 0.15) is 0 Å². The van der Waals surface area contributed by atoms with Gasteiger partial charge in [0.15, 0.2) is 0 Å². The third-order valence-electron chi connectivity index (χ3n) is 6.64. The largest absolute Gasteiger partial charge is 0.311 e. The summed E-state index contributed by atoms with van der Waals surface area (Å²) in [5, 5.41) is 0. The smallest absolute Gasteiger partial charge is 0.0462 e. The Morgan fingerprint density at radius 3 is 0.540 bits per heavy atom. The van der Waals surface area contributed by atoms with E-state index in [-0.39, 0.29) is 0 Å². The lowest BCUT2D eigenvalue weighted by Gasteiger charge is -2.26. The summed E-state index contributed by atoms with van der Waals surface area (Å²) in [5.41, 5.74) is 9.18. The predicted octanol–water partition coefficient (Wildman–Crippen LogP) is 16.5. The Balaban J connectivity index is 0.00000182. The van der Waals surface area contributed by atoms with Crippen LogP contribution in [0.5, 0.6) is 0 Å². The molecule has 0 radical (unpaired) electrons. The summed E-state index contributed by atoms with van der Waals surface area (Å²) < 4.78 is 0. The minimum absolute atomic E-state index is 1.13. The van der Waals surface area contributed by atoms with E-state index in [0.29, 0.717) is 0 Å². The molecule has 2 nitrogen and oxygen atoms in total. The first kappa shape index (κ1) is 44.9. The van der Waals surface area contributed by atoms with Crippen molar-refractivity contribution in [3.05, 3.63) is 170 Å². The second-order valence-corrected chi connectivity index (χ2v) is 9.11. The van der Waals surface area contributed by atoms with Crippen molar-refractivity contribution >= 4 is 34.1 Å². The number of rotatable bonds is 7. The number of hydrogen-bond acceptors (Lipinski definition) is 2. The molecular weight excluding hydrogens is 605 g/mol. The minimum atomic E-state index is 1.13. The maximum atomic E-state index is 2.28. The Hall–Kier alpha value is -5.08. The molecule has 0 saturated carbocycles. The van der Waals surface area contributed by atoms with E-state index in [9.17, 15) is 0 Å². The van der Waals surface area contributed by atoms with Crippen LogP contribution in [0.2, 0.25) is 0 Å². The van der Waals surface area contributed by atoms with Gasteiger partial charge < -0.3 is 9.80 Å². The van der Waals surface area contributed by atoms with Crippen LogP contribution in [-0.4, -0.2) is 0 Å². The van der Waals surface area contributed by atoms with Crippen molar-refractivity contribution < 1.29 is 0 Å². The second kappa shape index (κ2) is 28.9. The fourth-order valence-electron chi connectivity index (χ4n) is 4.81. The average molecular weight is 669 g/mol. The van der Waals surface area contributed by atoms with Crippen molar-refractivity contribution in [1.82, 2.24) is 0 Å². The summed E-state index contributed by atoms with van der Waals surface area (Å²) in [7, 11) is 0. The monoisotopic (exact) mass is 669 g/mol. The Morgan fingerprint density at radius 2 is 0.360 bits per heavy atom. The van der Waals surface area contributed by atoms with Gasteiger partial charge in [-0.3, -0.25) is 0 Å². The van der Waals surface area contributed by atoms with Crippen LogP contribution in [0.3, 0.4) is 0 Å². The maximum Gasteiger partial charge on any atom is 0.0462 e. The van der Waals surface area contributed by atoms with E-state index in [0.717, 1.165) is 34.1 Å². The molecule has 0 aliphatic carbocycles. The van der Waals surface area contributed by atoms with Crippen LogP contribution in [0.15, 0.2) is 170 Å². The quantitative estimate of drug-likeness (QED) is 0.167. The summed E-state index contributed by atoms with van der Waals surface area (Å²) in [5.74, 6) is 0. The SMILES string of the molecule is CC.CC.CC.CC.CC.CC.c1ccc(N(c2ccccc2)c2ccc(-c3ccc(N(c4ccccc4)c4ccccc4)cc3)cc2)cc1. The van der Waals surface area contributed by atoms with Crippen LogP contribution < -0.4 is 9.80 Å². The van der Waals surface area contributed by atoms with Crippen molar-refractivity contribution in [2.45, 2.75) is 83.1 Å². The summed E-state index contributed by atoms with van der Waals surface area (Å²) in [6.45, 7) is 24.0. The van der Waals surface area contributed by atoms with E-state index in [1.807, 2.05) is 83.1 Å². The lowest BCUT2D eigenvalue weighted by molar-refractivity contribution is 1.28. The lowest BCUT2D eigenvalue weighted by atomic mass is 10.0. The molecule has 0 spiro atoms. The van der Waals surface area contributed by atoms with E-state index in [4.69, 9.17) is 0 Å². The van der Waals surface area contributed by atoms with Crippen LogP contribution in [0.4, 0.5) is 34.1 Å². The highest BCUT2D eigenvalue weighted by atomic mass is 15.1. The summed E-state index contributed by atoms with van der Waals surface area (Å²) in [4.78, 5) is 4.56. The van der Waals surface area contributed by atoms with Gasteiger partial charge >= 0.3 is 0 Å². The van der Waals surface area contributed by atoms with Gasteiger partial charge in [-0.25, -0.2) is 0 Å². The third-order valence-corrected chi connectivity index (χ3v) is 6.64. The molecule has 0 amide bonds. The molecule has 0 bridgehead atoms. The van der Waals surface area contributed by atoms with E-state index >= 15 is 0 Å². The molecule has 0 aliphatic heterocycles. The zero-order valence-corrected chi connectivity index (χ0v) is 33.1. The van der Waals surface area contributed by atoms with Crippen molar-refractivity contribution in [1.29, 1.82) is 0 Å². The van der Waals surface area contributed by atoms with Gasteiger partial charge in [-0.1, -0.05) is 180 Å². The molecule has 0 heterocycles. The van der Waals surface area contributed by atoms with Crippen LogP contribution in [0.1, 0.15) is 83.1 Å². The Labute approximate surface area is 307 Å². The predicted molar refractivity (Wildman–Crippen MR) is 229 cm³/mol. The summed E-state index contributed by atoms with van der Waals surface area (Å²) in [6, 6.07) is 59.6. The van der Waals surface area contributed by atoms with Gasteiger partial charge in [-0.05, 0) is 83.9 Å². The van der Waals surface area contributed by atoms with E-state index in [2.05, 4.69) is 180 Å². The Morgan fingerprint density at radius 1 is 0.200 bits per heavy atom. The number of benzene rings is 6. The molecule has 50 heavy (non-hydrogen) atoms. The van der Waals surface area contributed by atoms with Gasteiger partial charge in [-0.15, -0.1) is 0 Å². The molecule has 0 aromatic heterocycles. The maximum absolute atomic E-state index is 2.28. The van der Waals surface area contributed by atoms with Gasteiger partial charge in [0.25, 0.3) is 0 Å². The van der Waals surface area contributed by atoms with Crippen LogP contribution in [0, 0.1) is 0 Å². The van der Waals surface area contributed by atoms with Crippen LogP contribution in [-0.2, 0) is 0 Å². The fourth-order valence-corrected chi connectivity index (χ4v) is 4.81. The molecule has 2 heteroatoms. The topological polar surface area (TPSA) is 6.48 Å². The molecule has 6 aromatic carbocycles. The van der Waals surface area contributed by atoms with Crippen LogP contribution >= 0.6 is 0 Å². The van der Waals surface area contributed by atoms with Gasteiger partial charge in [-0.2, -0.15) is 0 Å². The summed E-state index contributed by atoms with van der Waals surface area (Å²) in [6.07, 6.45) is 0. The zero-order chi connectivity index (χ0) is 37.6. The molecule has 0 aliphatic rings. The first-order chi connectivity index (χ1) is 24.9. The molecule has 0 N–H and O–H groups in total. The molecule has 0 fully saturated rings. The number of nitrogens with zero attached hydrogens (tertiary/aromatic N) is 2. The number of para-hydroxylation sites is 4. The van der Waals surface area contributed by atoms with Gasteiger partial charge in [0.05, 0.1) is 0 Å². The molecule has 6 rings (SSSR count). The fraction of sp³-hybridized carbons (Fsp3) is 0.250. The minimum Gasteiger partial charge on any atom is -0.311 e. The standard InChI is InChI=1S/C36H28N2.6C2H6/c1-5-13-31(14-6-1)37(32-15-7-2-8-16-32)35-25-21-29(22-26-35)30-23-27-36(28-24-30)38(33-17-9-3-10-18-33)34-19-11-4-12-20-34;6*1-2/h1-28H;6*1-2H3.